The van der Waals surface area contributed by atoms with Crippen molar-refractivity contribution in [1.82, 2.24) is 30.5 Å². The number of halogens is 1. The fourth-order valence-electron chi connectivity index (χ4n) is 1.43. The molecule has 1 aromatic heterocycles. The molecular formula is C12H24IN7O. The van der Waals surface area contributed by atoms with Crippen LogP contribution in [0.4, 0.5) is 0 Å². The highest BCUT2D eigenvalue weighted by Gasteiger charge is 2.03. The van der Waals surface area contributed by atoms with Gasteiger partial charge >= 0.3 is 0 Å². The summed E-state index contributed by atoms with van der Waals surface area (Å²) in [5, 5.41) is 13.9. The SMILES string of the molecule is CCNC(=NCC(=O)N(C)C)NCCCn1ccnn1.I. The van der Waals surface area contributed by atoms with Crippen molar-refractivity contribution >= 4 is 35.8 Å². The smallest absolute Gasteiger partial charge is 0.243 e. The molecule has 2 N–H and O–H groups in total. The molecule has 0 aliphatic carbocycles. The fourth-order valence-corrected chi connectivity index (χ4v) is 1.43. The number of aryl methyl sites for hydroxylation is 1. The van der Waals surface area contributed by atoms with Crippen molar-refractivity contribution in [2.45, 2.75) is 19.9 Å². The van der Waals surface area contributed by atoms with Crippen molar-refractivity contribution in [2.75, 3.05) is 33.7 Å². The zero-order valence-corrected chi connectivity index (χ0v) is 15.1. The molecule has 0 bridgehead atoms. The van der Waals surface area contributed by atoms with E-state index >= 15 is 0 Å². The first-order valence-corrected chi connectivity index (χ1v) is 6.70. The highest BCUT2D eigenvalue weighted by molar-refractivity contribution is 14.0. The quantitative estimate of drug-likeness (QED) is 0.285. The topological polar surface area (TPSA) is 87.4 Å². The van der Waals surface area contributed by atoms with Crippen molar-refractivity contribution < 1.29 is 4.79 Å². The molecule has 1 amide bonds. The second kappa shape index (κ2) is 11.3. The van der Waals surface area contributed by atoms with Crippen LogP contribution >= 0.6 is 24.0 Å². The van der Waals surface area contributed by atoms with Crippen molar-refractivity contribution in [3.63, 3.8) is 0 Å². The molecule has 0 aliphatic rings. The molecule has 0 saturated carbocycles. The van der Waals surface area contributed by atoms with Crippen LogP contribution in [-0.2, 0) is 11.3 Å². The standard InChI is InChI=1S/C12H23N7O.HI/c1-4-13-12(15-10-11(20)18(2)3)14-6-5-8-19-9-7-16-17-19;/h7,9H,4-6,8,10H2,1-3H3,(H2,13,14,15);1H. The third-order valence-electron chi connectivity index (χ3n) is 2.54. The number of nitrogens with zero attached hydrogens (tertiary/aromatic N) is 5. The summed E-state index contributed by atoms with van der Waals surface area (Å²) in [5.74, 6) is 0.631. The summed E-state index contributed by atoms with van der Waals surface area (Å²) in [6.07, 6.45) is 4.39. The Hall–Kier alpha value is -1.39. The first-order valence-electron chi connectivity index (χ1n) is 6.70. The molecule has 0 aromatic carbocycles. The zero-order valence-electron chi connectivity index (χ0n) is 12.7. The first-order chi connectivity index (χ1) is 9.63. The zero-order chi connectivity index (χ0) is 14.8. The molecule has 0 unspecified atom stereocenters. The molecule has 1 aromatic rings. The first kappa shape index (κ1) is 19.6. The molecule has 0 radical (unpaired) electrons. The van der Waals surface area contributed by atoms with Crippen LogP contribution in [0.3, 0.4) is 0 Å². The average Bonchev–Trinajstić information content (AvgIpc) is 2.93. The third kappa shape index (κ3) is 8.48. The lowest BCUT2D eigenvalue weighted by Gasteiger charge is -2.12. The molecule has 9 heteroatoms. The number of guanidine groups is 1. The summed E-state index contributed by atoms with van der Waals surface area (Å²) in [5.41, 5.74) is 0. The largest absolute Gasteiger partial charge is 0.357 e. The van der Waals surface area contributed by atoms with Crippen LogP contribution in [0.25, 0.3) is 0 Å². The third-order valence-corrected chi connectivity index (χ3v) is 2.54. The lowest BCUT2D eigenvalue weighted by Crippen LogP contribution is -2.39. The predicted octanol–water partition coefficient (Wildman–Crippen LogP) is -0.0705. The van der Waals surface area contributed by atoms with Gasteiger partial charge in [0.05, 0.1) is 6.20 Å². The summed E-state index contributed by atoms with van der Waals surface area (Å²) in [7, 11) is 3.44. The maximum Gasteiger partial charge on any atom is 0.243 e. The highest BCUT2D eigenvalue weighted by Crippen LogP contribution is 1.86. The van der Waals surface area contributed by atoms with E-state index in [4.69, 9.17) is 0 Å². The lowest BCUT2D eigenvalue weighted by atomic mass is 10.4. The monoisotopic (exact) mass is 409 g/mol. The molecule has 120 valence electrons. The Kier molecular flexibility index (Phi) is 10.5. The molecule has 0 fully saturated rings. The van der Waals surface area contributed by atoms with Gasteiger partial charge in [-0.25, -0.2) is 4.99 Å². The molecule has 21 heavy (non-hydrogen) atoms. The summed E-state index contributed by atoms with van der Waals surface area (Å²) in [6.45, 7) is 4.43. The highest BCUT2D eigenvalue weighted by atomic mass is 127. The van der Waals surface area contributed by atoms with E-state index in [-0.39, 0.29) is 36.4 Å². The van der Waals surface area contributed by atoms with Gasteiger partial charge in [-0.1, -0.05) is 5.21 Å². The van der Waals surface area contributed by atoms with E-state index in [2.05, 4.69) is 25.9 Å². The Balaban J connectivity index is 0.00000400. The number of likely N-dealkylation sites (N-methyl/N-ethyl adjacent to an activating group) is 1. The second-order valence-corrected chi connectivity index (χ2v) is 4.43. The number of hydrogen-bond acceptors (Lipinski definition) is 4. The van der Waals surface area contributed by atoms with Crippen molar-refractivity contribution in [3.05, 3.63) is 12.4 Å². The van der Waals surface area contributed by atoms with E-state index in [9.17, 15) is 4.79 Å². The minimum Gasteiger partial charge on any atom is -0.357 e. The average molecular weight is 409 g/mol. The number of aromatic nitrogens is 3. The maximum absolute atomic E-state index is 11.5. The minimum absolute atomic E-state index is 0. The van der Waals surface area contributed by atoms with Gasteiger partial charge in [0.2, 0.25) is 5.91 Å². The van der Waals surface area contributed by atoms with Gasteiger partial charge in [0.1, 0.15) is 6.54 Å². The molecule has 1 rings (SSSR count). The minimum atomic E-state index is -0.0233. The van der Waals surface area contributed by atoms with Crippen LogP contribution in [0.1, 0.15) is 13.3 Å². The van der Waals surface area contributed by atoms with Gasteiger partial charge in [-0.3, -0.25) is 9.48 Å². The van der Waals surface area contributed by atoms with Crippen LogP contribution in [0, 0.1) is 0 Å². The van der Waals surface area contributed by atoms with Crippen molar-refractivity contribution in [3.8, 4) is 0 Å². The lowest BCUT2D eigenvalue weighted by molar-refractivity contribution is -0.127. The summed E-state index contributed by atoms with van der Waals surface area (Å²) >= 11 is 0. The van der Waals surface area contributed by atoms with Crippen LogP contribution in [0.15, 0.2) is 17.4 Å². The van der Waals surface area contributed by atoms with Crippen LogP contribution in [-0.4, -0.2) is 65.5 Å². The molecular weight excluding hydrogens is 385 g/mol. The van der Waals surface area contributed by atoms with Crippen LogP contribution in [0.5, 0.6) is 0 Å². The molecule has 0 aliphatic heterocycles. The molecule has 8 nitrogen and oxygen atoms in total. The van der Waals surface area contributed by atoms with Gasteiger partial charge in [-0.2, -0.15) is 0 Å². The van der Waals surface area contributed by atoms with Gasteiger partial charge < -0.3 is 15.5 Å². The van der Waals surface area contributed by atoms with Gasteiger partial charge in [-0.15, -0.1) is 29.1 Å². The van der Waals surface area contributed by atoms with Gasteiger partial charge in [0, 0.05) is 39.9 Å². The molecule has 0 atom stereocenters. The van der Waals surface area contributed by atoms with Crippen LogP contribution in [0.2, 0.25) is 0 Å². The van der Waals surface area contributed by atoms with E-state index < -0.39 is 0 Å². The summed E-state index contributed by atoms with van der Waals surface area (Å²) in [6, 6.07) is 0. The van der Waals surface area contributed by atoms with E-state index in [1.54, 1.807) is 25.0 Å². The Morgan fingerprint density at radius 1 is 1.38 bits per heavy atom. The number of amides is 1. The van der Waals surface area contributed by atoms with Crippen molar-refractivity contribution in [1.29, 1.82) is 0 Å². The van der Waals surface area contributed by atoms with Crippen LogP contribution < -0.4 is 10.6 Å². The summed E-state index contributed by atoms with van der Waals surface area (Å²) in [4.78, 5) is 17.2. The van der Waals surface area contributed by atoms with Gasteiger partial charge in [0.25, 0.3) is 0 Å². The fraction of sp³-hybridized carbons (Fsp3) is 0.667. The number of carbonyl (C=O) groups excluding carboxylic acids is 1. The Labute approximate surface area is 142 Å². The number of aliphatic imine (C=N–C) groups is 1. The predicted molar refractivity (Wildman–Crippen MR) is 92.7 cm³/mol. The number of rotatable bonds is 7. The van der Waals surface area contributed by atoms with Crippen molar-refractivity contribution in [2.24, 2.45) is 4.99 Å². The maximum atomic E-state index is 11.5. The van der Waals surface area contributed by atoms with E-state index in [1.807, 2.05) is 13.1 Å². The normalized spacial score (nSPS) is 10.7. The summed E-state index contributed by atoms with van der Waals surface area (Å²) < 4.78 is 1.78. The molecule has 0 saturated heterocycles. The van der Waals surface area contributed by atoms with E-state index in [1.165, 1.54) is 4.90 Å². The van der Waals surface area contributed by atoms with E-state index in [0.29, 0.717) is 5.96 Å². The molecule has 0 spiro atoms. The molecule has 1 heterocycles. The van der Waals surface area contributed by atoms with Gasteiger partial charge in [0.15, 0.2) is 5.96 Å². The number of hydrogen-bond donors (Lipinski definition) is 2. The number of carbonyl (C=O) groups is 1. The Bertz CT molecular complexity index is 419. The van der Waals surface area contributed by atoms with Gasteiger partial charge in [-0.05, 0) is 13.3 Å². The Morgan fingerprint density at radius 2 is 2.14 bits per heavy atom. The number of nitrogens with one attached hydrogen (secondary N) is 2. The van der Waals surface area contributed by atoms with E-state index in [0.717, 1.165) is 26.1 Å². The Morgan fingerprint density at radius 3 is 2.71 bits per heavy atom. The second-order valence-electron chi connectivity index (χ2n) is 4.43.